The van der Waals surface area contributed by atoms with Crippen LogP contribution in [0.3, 0.4) is 0 Å². The van der Waals surface area contributed by atoms with Crippen LogP contribution in [-0.2, 0) is 60.6 Å². The molecule has 356 valence electrons. The molecular formula is C46H61N9O9S2. The van der Waals surface area contributed by atoms with E-state index in [2.05, 4.69) is 24.5 Å². The lowest BCUT2D eigenvalue weighted by Gasteiger charge is -2.34. The molecule has 2 aliphatic heterocycles. The number of carbonyl (C=O) groups is 4. The van der Waals surface area contributed by atoms with E-state index in [1.54, 1.807) is 64.1 Å². The average Bonchev–Trinajstić information content (AvgIpc) is 3.33. The summed E-state index contributed by atoms with van der Waals surface area (Å²) < 4.78 is 59.0. The molecule has 0 unspecified atom stereocenters. The maximum atomic E-state index is 12.9. The number of amides is 2. The summed E-state index contributed by atoms with van der Waals surface area (Å²) in [7, 11) is -5.83. The highest BCUT2D eigenvalue weighted by Crippen LogP contribution is 2.25. The molecule has 0 aliphatic carbocycles. The van der Waals surface area contributed by atoms with Crippen molar-refractivity contribution >= 4 is 55.0 Å². The second-order valence-corrected chi connectivity index (χ2v) is 20.3. The summed E-state index contributed by atoms with van der Waals surface area (Å²) in [5.74, 6) is -0.637. The molecule has 0 atom stereocenters. The van der Waals surface area contributed by atoms with Gasteiger partial charge in [-0.05, 0) is 73.5 Å². The fourth-order valence-electron chi connectivity index (χ4n) is 7.44. The SMILES string of the molecule is CCS(=O)(=O)N(Cc1ccc(C(=O)CN)cn1)c1cccc(CN2CCN(C(C)=O)CC2)c1.CCS(=O)(=O)N(Cc1ccc(C(=O)OC)cn1)c1cccc(CN2CCN(C(C)=O)CC2)c1. The van der Waals surface area contributed by atoms with Gasteiger partial charge in [-0.3, -0.25) is 42.8 Å². The minimum Gasteiger partial charge on any atom is -0.465 e. The van der Waals surface area contributed by atoms with Gasteiger partial charge in [0, 0.05) is 97.3 Å². The predicted octanol–water partition coefficient (Wildman–Crippen LogP) is 3.13. The van der Waals surface area contributed by atoms with Gasteiger partial charge in [-0.25, -0.2) is 21.6 Å². The van der Waals surface area contributed by atoms with Crippen LogP contribution in [0, 0.1) is 0 Å². The summed E-state index contributed by atoms with van der Waals surface area (Å²) in [5.41, 5.74) is 10.3. The lowest BCUT2D eigenvalue weighted by atomic mass is 10.1. The Bertz CT molecular complexity index is 2340. The lowest BCUT2D eigenvalue weighted by molar-refractivity contribution is -0.131. The monoisotopic (exact) mass is 947 g/mol. The number of carbonyl (C=O) groups excluding carboxylic acids is 4. The molecule has 0 saturated carbocycles. The first-order chi connectivity index (χ1) is 31.5. The summed E-state index contributed by atoms with van der Waals surface area (Å²) in [6.07, 6.45) is 2.81. The number of anilines is 2. The standard InChI is InChI=1S/C23H31N5O4S.C23H30N4O5S/c1-3-33(31,32)28(17-21-8-7-20(15-25-21)23(30)14-24)22-6-4-5-19(13-22)16-26-9-11-27(12-10-26)18(2)29;1-4-33(30,31)27(17-21-9-8-20(15-24-21)23(29)32-3)22-7-5-6-19(14-22)16-25-10-12-26(13-11-25)18(2)28/h4-8,13,15H,3,9-12,14,16-17,24H2,1-2H3;5-9,14-15H,4,10-13,16-17H2,1-3H3. The normalized spacial score (nSPS) is 14.8. The van der Waals surface area contributed by atoms with Crippen molar-refractivity contribution in [3.05, 3.63) is 119 Å². The minimum absolute atomic E-state index is 0.0476. The van der Waals surface area contributed by atoms with Gasteiger partial charge in [-0.1, -0.05) is 24.3 Å². The number of hydrogen-bond donors (Lipinski definition) is 1. The van der Waals surface area contributed by atoms with Gasteiger partial charge in [0.1, 0.15) is 0 Å². The molecule has 6 rings (SSSR count). The highest BCUT2D eigenvalue weighted by Gasteiger charge is 2.25. The third kappa shape index (κ3) is 14.1. The van der Waals surface area contributed by atoms with E-state index in [1.807, 2.05) is 46.2 Å². The number of ether oxygens (including phenoxy) is 1. The molecule has 20 heteroatoms. The Morgan fingerprint density at radius 2 is 1.03 bits per heavy atom. The van der Waals surface area contributed by atoms with Gasteiger partial charge in [0.05, 0.1) is 66.6 Å². The van der Waals surface area contributed by atoms with E-state index in [0.717, 1.165) is 37.3 Å². The first kappa shape index (κ1) is 51.2. The number of nitrogens with zero attached hydrogens (tertiary/aromatic N) is 8. The number of methoxy groups -OCH3 is 1. The van der Waals surface area contributed by atoms with Gasteiger partial charge < -0.3 is 20.3 Å². The van der Waals surface area contributed by atoms with E-state index in [9.17, 15) is 36.0 Å². The van der Waals surface area contributed by atoms with E-state index in [0.29, 0.717) is 73.2 Å². The van der Waals surface area contributed by atoms with Crippen LogP contribution in [0.1, 0.15) is 70.9 Å². The predicted molar refractivity (Wildman–Crippen MR) is 252 cm³/mol. The van der Waals surface area contributed by atoms with Crippen molar-refractivity contribution < 1.29 is 40.8 Å². The van der Waals surface area contributed by atoms with Gasteiger partial charge in [0.25, 0.3) is 0 Å². The summed E-state index contributed by atoms with van der Waals surface area (Å²) in [6, 6.07) is 21.4. The lowest BCUT2D eigenvalue weighted by Crippen LogP contribution is -2.47. The van der Waals surface area contributed by atoms with Gasteiger partial charge in [0.2, 0.25) is 31.9 Å². The number of aromatic nitrogens is 2. The average molecular weight is 948 g/mol. The number of ketones is 1. The first-order valence-electron chi connectivity index (χ1n) is 21.8. The Morgan fingerprint density at radius 1 is 0.621 bits per heavy atom. The highest BCUT2D eigenvalue weighted by molar-refractivity contribution is 7.93. The maximum Gasteiger partial charge on any atom is 0.339 e. The van der Waals surface area contributed by atoms with E-state index in [-0.39, 0.29) is 48.7 Å². The zero-order valence-corrected chi connectivity index (χ0v) is 40.0. The van der Waals surface area contributed by atoms with Crippen molar-refractivity contribution in [2.24, 2.45) is 5.73 Å². The molecule has 4 aromatic rings. The molecule has 4 heterocycles. The second kappa shape index (κ2) is 23.6. The van der Waals surface area contributed by atoms with Crippen LogP contribution in [0.2, 0.25) is 0 Å². The molecule has 0 bridgehead atoms. The van der Waals surface area contributed by atoms with Gasteiger partial charge in [-0.15, -0.1) is 0 Å². The maximum absolute atomic E-state index is 12.9. The fraction of sp³-hybridized carbons (Fsp3) is 0.435. The fourth-order valence-corrected chi connectivity index (χ4v) is 9.59. The third-order valence-electron chi connectivity index (χ3n) is 11.4. The van der Waals surface area contributed by atoms with Crippen molar-refractivity contribution in [2.45, 2.75) is 53.9 Å². The Balaban J connectivity index is 0.000000247. The van der Waals surface area contributed by atoms with Gasteiger partial charge >= 0.3 is 5.97 Å². The molecule has 2 amide bonds. The molecule has 2 aliphatic rings. The molecule has 0 radical (unpaired) electrons. The van der Waals surface area contributed by atoms with E-state index in [4.69, 9.17) is 5.73 Å². The number of esters is 1. The van der Waals surface area contributed by atoms with Crippen LogP contribution < -0.4 is 14.3 Å². The zero-order valence-electron chi connectivity index (χ0n) is 38.3. The largest absolute Gasteiger partial charge is 0.465 e. The Labute approximate surface area is 388 Å². The quantitative estimate of drug-likeness (QED) is 0.119. The Hall–Kier alpha value is -5.80. The zero-order chi connectivity index (χ0) is 48.0. The van der Waals surface area contributed by atoms with E-state index < -0.39 is 26.0 Å². The number of sulfonamides is 2. The topological polar surface area (TPSA) is 217 Å². The number of nitrogens with two attached hydrogens (primary N) is 1. The summed E-state index contributed by atoms with van der Waals surface area (Å²) in [5, 5.41) is 0. The molecular weight excluding hydrogens is 887 g/mol. The molecule has 2 saturated heterocycles. The van der Waals surface area contributed by atoms with Crippen LogP contribution in [0.4, 0.5) is 11.4 Å². The first-order valence-corrected chi connectivity index (χ1v) is 25.0. The third-order valence-corrected chi connectivity index (χ3v) is 14.9. The smallest absolute Gasteiger partial charge is 0.339 e. The van der Waals surface area contributed by atoms with Gasteiger partial charge in [0.15, 0.2) is 5.78 Å². The van der Waals surface area contributed by atoms with Crippen LogP contribution in [0.5, 0.6) is 0 Å². The van der Waals surface area contributed by atoms with Crippen molar-refractivity contribution in [1.82, 2.24) is 29.6 Å². The van der Waals surface area contributed by atoms with E-state index >= 15 is 0 Å². The number of piperazine rings is 2. The van der Waals surface area contributed by atoms with Crippen LogP contribution in [0.25, 0.3) is 0 Å². The minimum atomic E-state index is -3.57. The molecule has 66 heavy (non-hydrogen) atoms. The number of rotatable bonds is 17. The van der Waals surface area contributed by atoms with Crippen LogP contribution >= 0.6 is 0 Å². The Kier molecular flexibility index (Phi) is 18.3. The van der Waals surface area contributed by atoms with Crippen molar-refractivity contribution in [3.8, 4) is 0 Å². The number of hydrogen-bond acceptors (Lipinski definition) is 14. The van der Waals surface area contributed by atoms with Crippen LogP contribution in [0.15, 0.2) is 85.2 Å². The molecule has 2 N–H and O–H groups in total. The van der Waals surface area contributed by atoms with E-state index in [1.165, 1.54) is 28.1 Å². The summed E-state index contributed by atoms with van der Waals surface area (Å²) >= 11 is 0. The van der Waals surface area contributed by atoms with Crippen molar-refractivity contribution in [2.75, 3.05) is 86.1 Å². The molecule has 2 aromatic heterocycles. The molecule has 2 aromatic carbocycles. The van der Waals surface area contributed by atoms with Gasteiger partial charge in [-0.2, -0.15) is 0 Å². The second-order valence-electron chi connectivity index (χ2n) is 15.9. The number of Topliss-reactive ketones (excluding diaryl/α,β-unsaturated/α-hetero) is 1. The highest BCUT2D eigenvalue weighted by atomic mass is 32.2. The molecule has 18 nitrogen and oxygen atoms in total. The summed E-state index contributed by atoms with van der Waals surface area (Å²) in [6.45, 7) is 13.6. The molecule has 2 fully saturated rings. The number of pyridine rings is 2. The summed E-state index contributed by atoms with van der Waals surface area (Å²) in [4.78, 5) is 63.2. The van der Waals surface area contributed by atoms with Crippen molar-refractivity contribution in [1.29, 1.82) is 0 Å². The van der Waals surface area contributed by atoms with Crippen molar-refractivity contribution in [3.63, 3.8) is 0 Å². The Morgan fingerprint density at radius 3 is 1.36 bits per heavy atom. The number of benzene rings is 2. The van der Waals surface area contributed by atoms with Crippen LogP contribution in [-0.4, -0.2) is 147 Å². The molecule has 0 spiro atoms.